The fourth-order valence-corrected chi connectivity index (χ4v) is 6.07. The van der Waals surface area contributed by atoms with Gasteiger partial charge in [-0.25, -0.2) is 13.4 Å². The molecular weight excluding hydrogens is 458 g/mol. The first-order valence-electron chi connectivity index (χ1n) is 10.9. The van der Waals surface area contributed by atoms with E-state index < -0.39 is 10.0 Å². The maximum Gasteiger partial charge on any atom is 0.267 e. The second kappa shape index (κ2) is 10.9. The van der Waals surface area contributed by atoms with Gasteiger partial charge in [-0.3, -0.25) is 4.79 Å². The monoisotopic (exact) mass is 487 g/mol. The second-order valence-corrected chi connectivity index (χ2v) is 10.3. The third kappa shape index (κ3) is 5.79. The summed E-state index contributed by atoms with van der Waals surface area (Å²) in [6, 6.07) is 14.6. The second-order valence-electron chi connectivity index (χ2n) is 7.32. The number of sulfonamides is 1. The molecule has 0 bridgehead atoms. The van der Waals surface area contributed by atoms with Gasteiger partial charge in [-0.2, -0.15) is 4.31 Å². The minimum Gasteiger partial charge on any atom is -0.492 e. The fraction of sp³-hybridized carbons (Fsp3) is 0.333. The molecule has 1 N–H and O–H groups in total. The van der Waals surface area contributed by atoms with E-state index >= 15 is 0 Å². The number of aryl methyl sites for hydroxylation is 1. The summed E-state index contributed by atoms with van der Waals surface area (Å²) in [6.07, 6.45) is 0.648. The zero-order chi connectivity index (χ0) is 24.0. The normalized spacial score (nSPS) is 11.5. The van der Waals surface area contributed by atoms with Gasteiger partial charge in [0.15, 0.2) is 0 Å². The summed E-state index contributed by atoms with van der Waals surface area (Å²) in [5.74, 6) is -0.0545. The maximum absolute atomic E-state index is 13.2. The molecule has 1 heterocycles. The number of rotatable bonds is 10. The van der Waals surface area contributed by atoms with Gasteiger partial charge in [0, 0.05) is 25.2 Å². The molecular formula is C24H29N3O4S2. The van der Waals surface area contributed by atoms with Crippen molar-refractivity contribution in [1.82, 2.24) is 9.29 Å². The number of nitrogens with one attached hydrogen (secondary N) is 1. The van der Waals surface area contributed by atoms with Crippen LogP contribution in [0.3, 0.4) is 0 Å². The molecule has 3 rings (SSSR count). The Balaban J connectivity index is 1.87. The fourth-order valence-electron chi connectivity index (χ4n) is 3.46. The van der Waals surface area contributed by atoms with E-state index in [1.807, 2.05) is 30.3 Å². The summed E-state index contributed by atoms with van der Waals surface area (Å²) in [5, 5.41) is 3.67. The molecule has 0 atom stereocenters. The van der Waals surface area contributed by atoms with Crippen LogP contribution < -0.4 is 10.1 Å². The molecule has 0 aliphatic rings. The van der Waals surface area contributed by atoms with Gasteiger partial charge in [0.05, 0.1) is 17.3 Å². The largest absolute Gasteiger partial charge is 0.492 e. The number of thiazole rings is 1. The maximum atomic E-state index is 13.2. The van der Waals surface area contributed by atoms with Crippen molar-refractivity contribution in [2.24, 2.45) is 0 Å². The zero-order valence-electron chi connectivity index (χ0n) is 19.3. The molecule has 0 fully saturated rings. The quantitative estimate of drug-likeness (QED) is 0.447. The first-order chi connectivity index (χ1) is 15.8. The van der Waals surface area contributed by atoms with Crippen LogP contribution >= 0.6 is 11.3 Å². The lowest BCUT2D eigenvalue weighted by molar-refractivity contribution is 0.102. The summed E-state index contributed by atoms with van der Waals surface area (Å²) in [5.41, 5.74) is 2.15. The zero-order valence-corrected chi connectivity index (χ0v) is 20.9. The number of amides is 1. The predicted molar refractivity (Wildman–Crippen MR) is 132 cm³/mol. The van der Waals surface area contributed by atoms with Gasteiger partial charge >= 0.3 is 0 Å². The van der Waals surface area contributed by atoms with E-state index in [1.165, 1.54) is 21.7 Å². The van der Waals surface area contributed by atoms with Gasteiger partial charge in [-0.1, -0.05) is 44.2 Å². The standard InChI is InChI=1S/C24H29N3O4S2/c1-5-27(6-2)33(29,30)21-16-19(13-14-20(21)31-7-3)26-24(28)23-17(4)25-22(32-23)15-18-11-9-8-10-12-18/h8-14,16H,5-7,15H2,1-4H3,(H,26,28). The van der Waals surface area contributed by atoms with Crippen LogP contribution in [0.2, 0.25) is 0 Å². The Morgan fingerprint density at radius 1 is 1.09 bits per heavy atom. The Morgan fingerprint density at radius 2 is 1.79 bits per heavy atom. The lowest BCUT2D eigenvalue weighted by Crippen LogP contribution is -2.31. The van der Waals surface area contributed by atoms with Gasteiger partial charge in [0.2, 0.25) is 10.0 Å². The molecule has 1 aromatic heterocycles. The van der Waals surface area contributed by atoms with Crippen molar-refractivity contribution < 1.29 is 17.9 Å². The van der Waals surface area contributed by atoms with Crippen molar-refractivity contribution in [1.29, 1.82) is 0 Å². The van der Waals surface area contributed by atoms with Crippen molar-refractivity contribution in [3.8, 4) is 5.75 Å². The highest BCUT2D eigenvalue weighted by Gasteiger charge is 2.26. The van der Waals surface area contributed by atoms with Crippen molar-refractivity contribution in [3.63, 3.8) is 0 Å². The lowest BCUT2D eigenvalue weighted by Gasteiger charge is -2.21. The number of benzene rings is 2. The van der Waals surface area contributed by atoms with Crippen LogP contribution in [0, 0.1) is 6.92 Å². The van der Waals surface area contributed by atoms with Crippen LogP contribution in [0.4, 0.5) is 5.69 Å². The molecule has 2 aromatic carbocycles. The van der Waals surface area contributed by atoms with Gasteiger partial charge < -0.3 is 10.1 Å². The van der Waals surface area contributed by atoms with Crippen LogP contribution in [-0.2, 0) is 16.4 Å². The Hall–Kier alpha value is -2.75. The van der Waals surface area contributed by atoms with Crippen LogP contribution in [-0.4, -0.2) is 43.3 Å². The number of hydrogen-bond acceptors (Lipinski definition) is 6. The number of hydrogen-bond donors (Lipinski definition) is 1. The minimum absolute atomic E-state index is 0.0386. The topological polar surface area (TPSA) is 88.6 Å². The first-order valence-corrected chi connectivity index (χ1v) is 13.1. The van der Waals surface area contributed by atoms with E-state index in [9.17, 15) is 13.2 Å². The number of nitrogens with zero attached hydrogens (tertiary/aromatic N) is 2. The molecule has 0 saturated heterocycles. The molecule has 0 unspecified atom stereocenters. The molecule has 0 spiro atoms. The summed E-state index contributed by atoms with van der Waals surface area (Å²) < 4.78 is 33.2. The summed E-state index contributed by atoms with van der Waals surface area (Å²) in [4.78, 5) is 18.1. The molecule has 0 radical (unpaired) electrons. The van der Waals surface area contributed by atoms with Gasteiger partial charge in [-0.05, 0) is 37.6 Å². The number of carbonyl (C=O) groups excluding carboxylic acids is 1. The highest BCUT2D eigenvalue weighted by Crippen LogP contribution is 2.31. The van der Waals surface area contributed by atoms with Crippen molar-refractivity contribution in [2.75, 3.05) is 25.0 Å². The highest BCUT2D eigenvalue weighted by atomic mass is 32.2. The van der Waals surface area contributed by atoms with E-state index in [4.69, 9.17) is 4.74 Å². The first kappa shape index (κ1) is 24.9. The van der Waals surface area contributed by atoms with Crippen LogP contribution in [0.25, 0.3) is 0 Å². The average Bonchev–Trinajstić information content (AvgIpc) is 3.16. The van der Waals surface area contributed by atoms with Gasteiger partial charge in [-0.15, -0.1) is 11.3 Å². The summed E-state index contributed by atoms with van der Waals surface area (Å²) >= 11 is 1.34. The predicted octanol–water partition coefficient (Wildman–Crippen LogP) is 4.72. The van der Waals surface area contributed by atoms with E-state index in [0.29, 0.717) is 42.4 Å². The van der Waals surface area contributed by atoms with Gasteiger partial charge in [0.25, 0.3) is 5.91 Å². The lowest BCUT2D eigenvalue weighted by atomic mass is 10.2. The summed E-state index contributed by atoms with van der Waals surface area (Å²) in [7, 11) is -3.77. The summed E-state index contributed by atoms with van der Waals surface area (Å²) in [6.45, 7) is 8.17. The molecule has 3 aromatic rings. The molecule has 33 heavy (non-hydrogen) atoms. The SMILES string of the molecule is CCOc1ccc(NC(=O)c2sc(Cc3ccccc3)nc2C)cc1S(=O)(=O)N(CC)CC. The minimum atomic E-state index is -3.77. The van der Waals surface area contributed by atoms with E-state index in [1.54, 1.807) is 39.8 Å². The Morgan fingerprint density at radius 3 is 2.42 bits per heavy atom. The molecule has 7 nitrogen and oxygen atoms in total. The molecule has 0 aliphatic carbocycles. The van der Waals surface area contributed by atoms with E-state index in [-0.39, 0.29) is 16.6 Å². The number of ether oxygens (including phenoxy) is 1. The Kier molecular flexibility index (Phi) is 8.23. The van der Waals surface area contributed by atoms with E-state index in [0.717, 1.165) is 10.6 Å². The van der Waals surface area contributed by atoms with Crippen molar-refractivity contribution in [3.05, 3.63) is 69.7 Å². The van der Waals surface area contributed by atoms with Crippen LogP contribution in [0.1, 0.15) is 46.7 Å². The highest BCUT2D eigenvalue weighted by molar-refractivity contribution is 7.89. The molecule has 176 valence electrons. The Bertz CT molecular complexity index is 1200. The smallest absolute Gasteiger partial charge is 0.267 e. The number of anilines is 1. The molecule has 0 saturated carbocycles. The van der Waals surface area contributed by atoms with Crippen LogP contribution in [0.5, 0.6) is 5.75 Å². The molecule has 0 aliphatic heterocycles. The Labute approximate surface area is 199 Å². The molecule has 9 heteroatoms. The third-order valence-corrected chi connectivity index (χ3v) is 8.30. The third-order valence-electron chi connectivity index (χ3n) is 5.07. The molecule has 1 amide bonds. The van der Waals surface area contributed by atoms with E-state index in [2.05, 4.69) is 10.3 Å². The van der Waals surface area contributed by atoms with Crippen molar-refractivity contribution >= 4 is 33.0 Å². The number of aromatic nitrogens is 1. The number of carbonyl (C=O) groups is 1. The van der Waals surface area contributed by atoms with Gasteiger partial charge in [0.1, 0.15) is 15.5 Å². The van der Waals surface area contributed by atoms with Crippen LogP contribution in [0.15, 0.2) is 53.4 Å². The van der Waals surface area contributed by atoms with Crippen molar-refractivity contribution in [2.45, 2.75) is 39.0 Å². The average molecular weight is 488 g/mol.